The molecule has 6 heteroatoms. The molecule has 3 rings (SSSR count). The molecule has 0 fully saturated rings. The number of para-hydroxylation sites is 1. The van der Waals surface area contributed by atoms with Crippen molar-refractivity contribution in [3.05, 3.63) is 53.1 Å². The van der Waals surface area contributed by atoms with Gasteiger partial charge in [-0.25, -0.2) is 0 Å². The average Bonchev–Trinajstić information content (AvgIpc) is 2.54. The fraction of sp³-hybridized carbons (Fsp3) is 0.316. The Morgan fingerprint density at radius 2 is 2.04 bits per heavy atom. The molecule has 25 heavy (non-hydrogen) atoms. The molecule has 0 bridgehead atoms. The van der Waals surface area contributed by atoms with Gasteiger partial charge in [-0.15, -0.1) is 0 Å². The van der Waals surface area contributed by atoms with Crippen LogP contribution in [0.1, 0.15) is 31.9 Å². The number of ether oxygens (including phenoxy) is 2. The van der Waals surface area contributed by atoms with Crippen molar-refractivity contribution in [3.63, 3.8) is 0 Å². The van der Waals surface area contributed by atoms with Crippen molar-refractivity contribution in [1.82, 2.24) is 5.32 Å². The number of fused-ring (bicyclic) bond motifs is 1. The Morgan fingerprint density at radius 3 is 2.76 bits per heavy atom. The summed E-state index contributed by atoms with van der Waals surface area (Å²) in [5, 5.41) is 7.65. The van der Waals surface area contributed by atoms with Gasteiger partial charge in [-0.3, -0.25) is 0 Å². The Kier molecular flexibility index (Phi) is 5.06. The van der Waals surface area contributed by atoms with Crippen LogP contribution in [0, 0.1) is 0 Å². The number of hydrogen-bond acceptors (Lipinski definition) is 3. The molecule has 4 nitrogen and oxygen atoms in total. The highest BCUT2D eigenvalue weighted by molar-refractivity contribution is 7.80. The van der Waals surface area contributed by atoms with Crippen LogP contribution in [0.2, 0.25) is 5.02 Å². The maximum Gasteiger partial charge on any atom is 0.171 e. The van der Waals surface area contributed by atoms with E-state index in [2.05, 4.69) is 30.5 Å². The molecule has 0 aliphatic carbocycles. The number of rotatable bonds is 3. The van der Waals surface area contributed by atoms with Gasteiger partial charge in [-0.1, -0.05) is 29.8 Å². The largest absolute Gasteiger partial charge is 0.495 e. The molecule has 0 saturated heterocycles. The van der Waals surface area contributed by atoms with Crippen LogP contribution in [0.15, 0.2) is 42.5 Å². The Balaban J connectivity index is 1.73. The van der Waals surface area contributed by atoms with Crippen LogP contribution in [0.25, 0.3) is 0 Å². The quantitative estimate of drug-likeness (QED) is 0.743. The van der Waals surface area contributed by atoms with Crippen LogP contribution in [-0.4, -0.2) is 17.8 Å². The molecule has 0 spiro atoms. The number of benzene rings is 2. The number of methoxy groups -OCH3 is 1. The first-order valence-electron chi connectivity index (χ1n) is 8.07. The molecule has 2 N–H and O–H groups in total. The lowest BCUT2D eigenvalue weighted by Gasteiger charge is -2.38. The van der Waals surface area contributed by atoms with Gasteiger partial charge in [0.1, 0.15) is 17.1 Å². The summed E-state index contributed by atoms with van der Waals surface area (Å²) in [7, 11) is 1.59. The Labute approximate surface area is 158 Å². The smallest absolute Gasteiger partial charge is 0.171 e. The number of nitrogens with one attached hydrogen (secondary N) is 2. The van der Waals surface area contributed by atoms with E-state index < -0.39 is 0 Å². The lowest BCUT2D eigenvalue weighted by molar-refractivity contribution is 0.0697. The lowest BCUT2D eigenvalue weighted by atomic mass is 9.90. The molecule has 1 aliphatic rings. The third-order valence-electron chi connectivity index (χ3n) is 4.09. The van der Waals surface area contributed by atoms with Crippen molar-refractivity contribution in [3.8, 4) is 11.5 Å². The van der Waals surface area contributed by atoms with E-state index in [0.717, 1.165) is 23.4 Å². The van der Waals surface area contributed by atoms with E-state index in [1.807, 2.05) is 24.3 Å². The number of thiocarbonyl (C=S) groups is 1. The maximum atomic E-state index is 6.16. The number of halogens is 1. The molecule has 2 aromatic rings. The summed E-state index contributed by atoms with van der Waals surface area (Å²) in [6, 6.07) is 13.6. The zero-order valence-corrected chi connectivity index (χ0v) is 16.0. The first-order valence-corrected chi connectivity index (χ1v) is 8.85. The Morgan fingerprint density at radius 1 is 1.28 bits per heavy atom. The predicted molar refractivity (Wildman–Crippen MR) is 106 cm³/mol. The summed E-state index contributed by atoms with van der Waals surface area (Å²) in [6.45, 7) is 4.16. The molecule has 2 aromatic carbocycles. The minimum Gasteiger partial charge on any atom is -0.495 e. The van der Waals surface area contributed by atoms with Crippen LogP contribution in [0.3, 0.4) is 0 Å². The molecule has 0 amide bonds. The Bertz CT molecular complexity index is 795. The molecule has 1 atom stereocenters. The van der Waals surface area contributed by atoms with Crippen LogP contribution in [0.5, 0.6) is 11.5 Å². The molecular formula is C19H21ClN2O2S. The first kappa shape index (κ1) is 17.8. The zero-order valence-electron chi connectivity index (χ0n) is 14.4. The predicted octanol–water partition coefficient (Wildman–Crippen LogP) is 4.94. The van der Waals surface area contributed by atoms with Crippen LogP contribution >= 0.6 is 23.8 Å². The summed E-state index contributed by atoms with van der Waals surface area (Å²) >= 11 is 11.7. The second-order valence-corrected chi connectivity index (χ2v) is 7.42. The highest BCUT2D eigenvalue weighted by Gasteiger charge is 2.33. The van der Waals surface area contributed by atoms with Crippen molar-refractivity contribution < 1.29 is 9.47 Å². The minimum atomic E-state index is -0.259. The molecular weight excluding hydrogens is 356 g/mol. The third-order valence-corrected chi connectivity index (χ3v) is 4.61. The standard InChI is InChI=1S/C19H21ClN2O2S/c1-19(2)11-15(13-6-4-5-7-16(13)24-19)22-18(25)21-12-8-9-17(23-3)14(20)10-12/h4-10,15H,11H2,1-3H3,(H2,21,22,25). The highest BCUT2D eigenvalue weighted by Crippen LogP contribution is 2.39. The van der Waals surface area contributed by atoms with E-state index in [9.17, 15) is 0 Å². The number of anilines is 1. The Hall–Kier alpha value is -1.98. The van der Waals surface area contributed by atoms with Gasteiger partial charge in [-0.2, -0.15) is 0 Å². The van der Waals surface area contributed by atoms with E-state index in [4.69, 9.17) is 33.3 Å². The molecule has 1 heterocycles. The topological polar surface area (TPSA) is 42.5 Å². The summed E-state index contributed by atoms with van der Waals surface area (Å²) in [5.41, 5.74) is 1.66. The van der Waals surface area contributed by atoms with Gasteiger partial charge in [0.05, 0.1) is 18.2 Å². The normalized spacial score (nSPS) is 17.8. The fourth-order valence-corrected chi connectivity index (χ4v) is 3.52. The van der Waals surface area contributed by atoms with E-state index in [0.29, 0.717) is 15.9 Å². The van der Waals surface area contributed by atoms with Gasteiger partial charge in [0.25, 0.3) is 0 Å². The van der Waals surface area contributed by atoms with Crippen LogP contribution in [0.4, 0.5) is 5.69 Å². The molecule has 132 valence electrons. The molecule has 0 aromatic heterocycles. The highest BCUT2D eigenvalue weighted by atomic mass is 35.5. The van der Waals surface area contributed by atoms with Crippen molar-refractivity contribution in [2.75, 3.05) is 12.4 Å². The molecule has 1 unspecified atom stereocenters. The number of hydrogen-bond donors (Lipinski definition) is 2. The van der Waals surface area contributed by atoms with E-state index >= 15 is 0 Å². The zero-order chi connectivity index (χ0) is 18.0. The molecule has 1 aliphatic heterocycles. The molecule has 0 saturated carbocycles. The van der Waals surface area contributed by atoms with Gasteiger partial charge < -0.3 is 20.1 Å². The van der Waals surface area contributed by atoms with Crippen molar-refractivity contribution in [2.24, 2.45) is 0 Å². The van der Waals surface area contributed by atoms with E-state index in [-0.39, 0.29) is 11.6 Å². The summed E-state index contributed by atoms with van der Waals surface area (Å²) in [6.07, 6.45) is 0.815. The van der Waals surface area contributed by atoms with Gasteiger partial charge in [0.2, 0.25) is 0 Å². The molecule has 0 radical (unpaired) electrons. The SMILES string of the molecule is COc1ccc(NC(=S)NC2CC(C)(C)Oc3ccccc32)cc1Cl. The van der Waals surface area contributed by atoms with Crippen LogP contribution < -0.4 is 20.1 Å². The lowest BCUT2D eigenvalue weighted by Crippen LogP contribution is -2.42. The van der Waals surface area contributed by atoms with Gasteiger partial charge >= 0.3 is 0 Å². The van der Waals surface area contributed by atoms with Gasteiger partial charge in [0, 0.05) is 17.7 Å². The average molecular weight is 377 g/mol. The van der Waals surface area contributed by atoms with Crippen molar-refractivity contribution >= 4 is 34.6 Å². The van der Waals surface area contributed by atoms with Crippen molar-refractivity contribution in [1.29, 1.82) is 0 Å². The first-order chi connectivity index (χ1) is 11.9. The minimum absolute atomic E-state index is 0.0775. The van der Waals surface area contributed by atoms with Crippen molar-refractivity contribution in [2.45, 2.75) is 31.9 Å². The van der Waals surface area contributed by atoms with Gasteiger partial charge in [-0.05, 0) is 50.3 Å². The van der Waals surface area contributed by atoms with E-state index in [1.165, 1.54) is 0 Å². The van der Waals surface area contributed by atoms with E-state index in [1.54, 1.807) is 19.2 Å². The maximum absolute atomic E-state index is 6.16. The summed E-state index contributed by atoms with van der Waals surface area (Å²) in [4.78, 5) is 0. The fourth-order valence-electron chi connectivity index (χ4n) is 3.00. The second kappa shape index (κ2) is 7.10. The third kappa shape index (κ3) is 4.17. The van der Waals surface area contributed by atoms with Crippen LogP contribution in [-0.2, 0) is 0 Å². The second-order valence-electron chi connectivity index (χ2n) is 6.60. The summed E-state index contributed by atoms with van der Waals surface area (Å²) < 4.78 is 11.2. The summed E-state index contributed by atoms with van der Waals surface area (Å²) in [5.74, 6) is 1.53. The van der Waals surface area contributed by atoms with Gasteiger partial charge in [0.15, 0.2) is 5.11 Å². The monoisotopic (exact) mass is 376 g/mol.